The van der Waals surface area contributed by atoms with Crippen molar-refractivity contribution in [2.45, 2.75) is 0 Å². The van der Waals surface area contributed by atoms with Crippen LogP contribution in [0.5, 0.6) is 11.5 Å². The van der Waals surface area contributed by atoms with E-state index >= 15 is 0 Å². The molecule has 3 heterocycles. The van der Waals surface area contributed by atoms with Crippen LogP contribution in [0, 0.1) is 0 Å². The smallest absolute Gasteiger partial charge is 0.235 e. The normalized spacial score (nSPS) is 12.2. The highest BCUT2D eigenvalue weighted by atomic mass is 16.5. The van der Waals surface area contributed by atoms with Crippen molar-refractivity contribution < 1.29 is 4.74 Å². The summed E-state index contributed by atoms with van der Waals surface area (Å²) in [4.78, 5) is 13.2. The molecule has 0 amide bonds. The summed E-state index contributed by atoms with van der Waals surface area (Å²) in [7, 11) is 0. The molecule has 59 heavy (non-hydrogen) atoms. The summed E-state index contributed by atoms with van der Waals surface area (Å²) in [5, 5.41) is 5.69. The van der Waals surface area contributed by atoms with Crippen molar-refractivity contribution in [2.24, 2.45) is 0 Å². The zero-order valence-electron chi connectivity index (χ0n) is 31.8. The number of fused-ring (bicyclic) bond motifs is 8. The molecule has 0 atom stereocenters. The molecule has 0 saturated carbocycles. The second kappa shape index (κ2) is 13.3. The molecule has 2 aromatic heterocycles. The number of anilines is 3. The van der Waals surface area contributed by atoms with Crippen LogP contribution >= 0.6 is 0 Å². The number of nitrogens with zero attached hydrogens (tertiary/aromatic N) is 4. The fourth-order valence-corrected chi connectivity index (χ4v) is 8.89. The number of hydrogen-bond acceptors (Lipinski definition) is 4. The van der Waals surface area contributed by atoms with Gasteiger partial charge in [0, 0.05) is 33.0 Å². The lowest BCUT2D eigenvalue weighted by atomic mass is 9.98. The topological polar surface area (TPSA) is 43.2 Å². The lowest BCUT2D eigenvalue weighted by molar-refractivity contribution is 0.477. The van der Waals surface area contributed by atoms with E-state index in [1.807, 2.05) is 18.2 Å². The van der Waals surface area contributed by atoms with Crippen LogP contribution in [0.1, 0.15) is 0 Å². The molecule has 5 heteroatoms. The second-order valence-electron chi connectivity index (χ2n) is 15.0. The highest BCUT2D eigenvalue weighted by Gasteiger charge is 2.27. The first-order valence-corrected chi connectivity index (χ1v) is 19.9. The van der Waals surface area contributed by atoms with Crippen LogP contribution in [-0.4, -0.2) is 14.5 Å². The molecule has 1 aliphatic rings. The first kappa shape index (κ1) is 33.2. The van der Waals surface area contributed by atoms with Gasteiger partial charge in [-0.2, -0.15) is 0 Å². The molecular weight excluding hydrogens is 721 g/mol. The van der Waals surface area contributed by atoms with Gasteiger partial charge in [-0.25, -0.2) is 9.97 Å². The van der Waals surface area contributed by atoms with E-state index in [1.165, 1.54) is 21.7 Å². The van der Waals surface area contributed by atoms with E-state index in [4.69, 9.17) is 14.7 Å². The Kier molecular flexibility index (Phi) is 7.47. The fourth-order valence-electron chi connectivity index (χ4n) is 8.89. The Hall–Kier alpha value is -8.02. The van der Waals surface area contributed by atoms with Crippen molar-refractivity contribution >= 4 is 60.5 Å². The Morgan fingerprint density at radius 3 is 1.95 bits per heavy atom. The fraction of sp³-hybridized carbons (Fsp3) is 0. The second-order valence-corrected chi connectivity index (χ2v) is 15.0. The minimum atomic E-state index is 0.620. The number of rotatable bonds is 5. The zero-order valence-corrected chi connectivity index (χ0v) is 31.8. The molecule has 0 N–H and O–H groups in total. The van der Waals surface area contributed by atoms with Crippen molar-refractivity contribution in [1.29, 1.82) is 0 Å². The Bertz CT molecular complexity index is 3410. The van der Waals surface area contributed by atoms with Crippen LogP contribution in [0.25, 0.3) is 82.9 Å². The molecule has 0 spiro atoms. The third kappa shape index (κ3) is 5.33. The van der Waals surface area contributed by atoms with E-state index < -0.39 is 0 Å². The number of benzene rings is 9. The molecule has 0 saturated heterocycles. The molecule has 12 rings (SSSR count). The zero-order chi connectivity index (χ0) is 38.9. The maximum absolute atomic E-state index is 6.56. The third-order valence-corrected chi connectivity index (χ3v) is 11.6. The van der Waals surface area contributed by atoms with Gasteiger partial charge in [-0.05, 0) is 76.0 Å². The highest BCUT2D eigenvalue weighted by molar-refractivity contribution is 6.23. The van der Waals surface area contributed by atoms with Gasteiger partial charge in [0.2, 0.25) is 5.95 Å². The van der Waals surface area contributed by atoms with Gasteiger partial charge in [0.05, 0.1) is 33.6 Å². The standard InChI is InChI=1S/C54H34N4O/c1-3-14-35(15-4-1)36-26-28-38(29-27-36)52-43-20-9-10-23-45(43)55-54(56-52)58-47-32-30-37-16-7-8-19-41(37)51(47)44-22-13-21-42(53(44)58)39-31-33-50-48(34-39)57(40-17-5-2-6-18-40)46-24-11-12-25-49(46)59-50/h1-34H. The molecule has 11 aromatic rings. The Balaban J connectivity index is 1.12. The predicted octanol–water partition coefficient (Wildman–Crippen LogP) is 14.5. The van der Waals surface area contributed by atoms with Crippen LogP contribution in [0.2, 0.25) is 0 Å². The van der Waals surface area contributed by atoms with E-state index in [0.29, 0.717) is 5.95 Å². The summed E-state index contributed by atoms with van der Waals surface area (Å²) < 4.78 is 8.84. The minimum absolute atomic E-state index is 0.620. The first-order chi connectivity index (χ1) is 29.3. The van der Waals surface area contributed by atoms with E-state index in [1.54, 1.807) is 0 Å². The van der Waals surface area contributed by atoms with Crippen LogP contribution in [0.3, 0.4) is 0 Å². The molecule has 0 unspecified atom stereocenters. The Morgan fingerprint density at radius 2 is 1.08 bits per heavy atom. The van der Waals surface area contributed by atoms with Gasteiger partial charge in [0.1, 0.15) is 0 Å². The maximum Gasteiger partial charge on any atom is 0.235 e. The maximum atomic E-state index is 6.56. The quantitative estimate of drug-likeness (QED) is 0.175. The van der Waals surface area contributed by atoms with Crippen LogP contribution < -0.4 is 9.64 Å². The highest BCUT2D eigenvalue weighted by Crippen LogP contribution is 2.52. The largest absolute Gasteiger partial charge is 0.453 e. The number of aromatic nitrogens is 3. The van der Waals surface area contributed by atoms with Gasteiger partial charge < -0.3 is 9.64 Å². The molecule has 0 bridgehead atoms. The molecule has 0 aliphatic carbocycles. The molecule has 0 radical (unpaired) electrons. The van der Waals surface area contributed by atoms with Gasteiger partial charge in [0.25, 0.3) is 0 Å². The van der Waals surface area contributed by atoms with Crippen molar-refractivity contribution in [3.8, 4) is 51.0 Å². The van der Waals surface area contributed by atoms with Gasteiger partial charge in [0.15, 0.2) is 11.5 Å². The van der Waals surface area contributed by atoms with Crippen LogP contribution in [0.4, 0.5) is 17.1 Å². The molecule has 5 nitrogen and oxygen atoms in total. The van der Waals surface area contributed by atoms with Crippen LogP contribution in [-0.2, 0) is 0 Å². The number of para-hydroxylation sites is 5. The summed E-state index contributed by atoms with van der Waals surface area (Å²) >= 11 is 0. The summed E-state index contributed by atoms with van der Waals surface area (Å²) in [6.07, 6.45) is 0. The van der Waals surface area contributed by atoms with Crippen molar-refractivity contribution in [1.82, 2.24) is 14.5 Å². The Labute approximate surface area is 340 Å². The Morgan fingerprint density at radius 1 is 0.424 bits per heavy atom. The van der Waals surface area contributed by atoms with Gasteiger partial charge in [-0.15, -0.1) is 0 Å². The molecule has 0 fully saturated rings. The molecular formula is C54H34N4O. The van der Waals surface area contributed by atoms with E-state index in [2.05, 4.69) is 198 Å². The third-order valence-electron chi connectivity index (χ3n) is 11.6. The van der Waals surface area contributed by atoms with Gasteiger partial charge >= 0.3 is 0 Å². The number of hydrogen-bond donors (Lipinski definition) is 0. The predicted molar refractivity (Wildman–Crippen MR) is 242 cm³/mol. The van der Waals surface area contributed by atoms with Crippen molar-refractivity contribution in [2.75, 3.05) is 4.90 Å². The summed E-state index contributed by atoms with van der Waals surface area (Å²) in [5.74, 6) is 2.25. The summed E-state index contributed by atoms with van der Waals surface area (Å²) in [6, 6.07) is 72.5. The summed E-state index contributed by atoms with van der Waals surface area (Å²) in [6.45, 7) is 0. The van der Waals surface area contributed by atoms with E-state index in [-0.39, 0.29) is 0 Å². The average Bonchev–Trinajstić information content (AvgIpc) is 3.66. The molecule has 276 valence electrons. The lowest BCUT2D eigenvalue weighted by Gasteiger charge is -2.33. The molecule has 1 aliphatic heterocycles. The van der Waals surface area contributed by atoms with Gasteiger partial charge in [-0.3, -0.25) is 4.57 Å². The van der Waals surface area contributed by atoms with E-state index in [0.717, 1.165) is 83.8 Å². The van der Waals surface area contributed by atoms with Crippen LogP contribution in [0.15, 0.2) is 206 Å². The van der Waals surface area contributed by atoms with Gasteiger partial charge in [-0.1, -0.05) is 158 Å². The molecule has 9 aromatic carbocycles. The average molecular weight is 755 g/mol. The first-order valence-electron chi connectivity index (χ1n) is 19.9. The minimum Gasteiger partial charge on any atom is -0.453 e. The van der Waals surface area contributed by atoms with Crippen molar-refractivity contribution in [3.63, 3.8) is 0 Å². The van der Waals surface area contributed by atoms with E-state index in [9.17, 15) is 0 Å². The number of ether oxygens (including phenoxy) is 1. The van der Waals surface area contributed by atoms with Crippen molar-refractivity contribution in [3.05, 3.63) is 206 Å². The summed E-state index contributed by atoms with van der Waals surface area (Å²) in [5.41, 5.74) is 12.4. The lowest BCUT2D eigenvalue weighted by Crippen LogP contribution is -2.15. The SMILES string of the molecule is c1ccc(-c2ccc(-c3nc(-n4c5ccc6ccccc6c5c5cccc(-c6ccc7c(c6)N(c6ccccc6)c6ccccc6O7)c54)nc4ccccc34)cc2)cc1. The monoisotopic (exact) mass is 754 g/mol.